The fraction of sp³-hybridized carbons (Fsp3) is 0.562. The molecular weight excluding hydrogens is 366 g/mol. The number of carbonyl (C=O) groups is 1. The Morgan fingerprint density at radius 2 is 1.80 bits per heavy atom. The van der Waals surface area contributed by atoms with Gasteiger partial charge in [-0.15, -0.1) is 0 Å². The molecule has 0 saturated carbocycles. The summed E-state index contributed by atoms with van der Waals surface area (Å²) >= 11 is 0. The number of sulfone groups is 1. The van der Waals surface area contributed by atoms with E-state index in [1.165, 1.54) is 0 Å². The maximum Gasteiger partial charge on any atom is 0.303 e. The molecular formula is C16H23NO6S2. The molecule has 0 spiro atoms. The summed E-state index contributed by atoms with van der Waals surface area (Å²) in [5.74, 6) is -1.24. The van der Waals surface area contributed by atoms with Gasteiger partial charge in [0.05, 0.1) is 16.8 Å². The fourth-order valence-electron chi connectivity index (χ4n) is 2.91. The normalized spacial score (nSPS) is 19.4. The highest BCUT2D eigenvalue weighted by Crippen LogP contribution is 2.20. The lowest BCUT2D eigenvalue weighted by molar-refractivity contribution is -0.137. The molecule has 0 radical (unpaired) electrons. The Bertz CT molecular complexity index is 775. The molecule has 0 aromatic heterocycles. The van der Waals surface area contributed by atoms with Gasteiger partial charge >= 0.3 is 5.97 Å². The average Bonchev–Trinajstić information content (AvgIpc) is 2.53. The Labute approximate surface area is 148 Å². The first-order valence-electron chi connectivity index (χ1n) is 8.15. The van der Waals surface area contributed by atoms with Gasteiger partial charge in [0.1, 0.15) is 9.84 Å². The number of hydrogen-bond acceptors (Lipinski definition) is 5. The van der Waals surface area contributed by atoms with Crippen LogP contribution in [0, 0.1) is 0 Å². The molecule has 0 bridgehead atoms. The zero-order chi connectivity index (χ0) is 18.5. The number of carboxylic acid groups (broad SMARTS) is 1. The van der Waals surface area contributed by atoms with Crippen LogP contribution in [0.5, 0.6) is 0 Å². The van der Waals surface area contributed by atoms with Gasteiger partial charge in [-0.05, 0) is 31.2 Å². The van der Waals surface area contributed by atoms with E-state index in [2.05, 4.69) is 4.72 Å². The van der Waals surface area contributed by atoms with Crippen LogP contribution in [0.3, 0.4) is 0 Å². The van der Waals surface area contributed by atoms with Crippen LogP contribution >= 0.6 is 0 Å². The first kappa shape index (κ1) is 19.9. The molecule has 1 atom stereocenters. The maximum atomic E-state index is 12.6. The van der Waals surface area contributed by atoms with Crippen LogP contribution in [0.4, 0.5) is 0 Å². The van der Waals surface area contributed by atoms with Crippen LogP contribution in [0.2, 0.25) is 0 Å². The minimum Gasteiger partial charge on any atom is -0.481 e. The van der Waals surface area contributed by atoms with Crippen molar-refractivity contribution in [2.24, 2.45) is 0 Å². The highest BCUT2D eigenvalue weighted by Gasteiger charge is 2.34. The SMILES string of the molecule is O=C(O)CCC(Cc1ccccc1)NS(=O)(=O)C1CCS(=O)(=O)CC1. The number of nitrogens with one attached hydrogen (secondary N) is 1. The topological polar surface area (TPSA) is 118 Å². The largest absolute Gasteiger partial charge is 0.481 e. The smallest absolute Gasteiger partial charge is 0.303 e. The Balaban J connectivity index is 2.07. The van der Waals surface area contributed by atoms with Crippen molar-refractivity contribution in [3.05, 3.63) is 35.9 Å². The Morgan fingerprint density at radius 3 is 2.36 bits per heavy atom. The van der Waals surface area contributed by atoms with E-state index in [1.807, 2.05) is 30.3 Å². The second-order valence-corrected chi connectivity index (χ2v) is 10.6. The van der Waals surface area contributed by atoms with Crippen LogP contribution in [0.25, 0.3) is 0 Å². The van der Waals surface area contributed by atoms with Crippen molar-refractivity contribution in [1.29, 1.82) is 0 Å². The van der Waals surface area contributed by atoms with E-state index in [0.717, 1.165) is 5.56 Å². The van der Waals surface area contributed by atoms with Gasteiger partial charge in [-0.1, -0.05) is 30.3 Å². The Kier molecular flexibility index (Phi) is 6.59. The van der Waals surface area contributed by atoms with Crippen molar-refractivity contribution >= 4 is 25.8 Å². The molecule has 7 nitrogen and oxygen atoms in total. The molecule has 1 aliphatic heterocycles. The second-order valence-electron chi connectivity index (χ2n) is 6.33. The van der Waals surface area contributed by atoms with Crippen molar-refractivity contribution in [3.8, 4) is 0 Å². The summed E-state index contributed by atoms with van der Waals surface area (Å²) in [6.45, 7) is 0. The number of sulfonamides is 1. The molecule has 25 heavy (non-hydrogen) atoms. The average molecular weight is 389 g/mol. The third-order valence-corrected chi connectivity index (χ3v) is 8.03. The number of hydrogen-bond donors (Lipinski definition) is 2. The van der Waals surface area contributed by atoms with Crippen molar-refractivity contribution in [3.63, 3.8) is 0 Å². The highest BCUT2D eigenvalue weighted by atomic mass is 32.2. The van der Waals surface area contributed by atoms with Crippen LogP contribution in [-0.2, 0) is 31.1 Å². The van der Waals surface area contributed by atoms with Gasteiger partial charge in [0, 0.05) is 12.5 Å². The molecule has 9 heteroatoms. The fourth-order valence-corrected chi connectivity index (χ4v) is 6.41. The Morgan fingerprint density at radius 1 is 1.20 bits per heavy atom. The highest BCUT2D eigenvalue weighted by molar-refractivity contribution is 7.92. The van der Waals surface area contributed by atoms with E-state index in [-0.39, 0.29) is 37.2 Å². The molecule has 1 fully saturated rings. The van der Waals surface area contributed by atoms with Gasteiger partial charge < -0.3 is 5.11 Å². The summed E-state index contributed by atoms with van der Waals surface area (Å²) in [5.41, 5.74) is 0.909. The molecule has 1 unspecified atom stereocenters. The van der Waals surface area contributed by atoms with Gasteiger partial charge in [-0.3, -0.25) is 4.79 Å². The summed E-state index contributed by atoms with van der Waals surface area (Å²) in [7, 11) is -6.85. The lowest BCUT2D eigenvalue weighted by Crippen LogP contribution is -2.45. The van der Waals surface area contributed by atoms with Crippen molar-refractivity contribution in [1.82, 2.24) is 4.72 Å². The van der Waals surface area contributed by atoms with E-state index in [0.29, 0.717) is 6.42 Å². The second kappa shape index (κ2) is 8.29. The van der Waals surface area contributed by atoms with Crippen molar-refractivity contribution < 1.29 is 26.7 Å². The standard InChI is InChI=1S/C16H23NO6S2/c18-16(19)7-6-14(12-13-4-2-1-3-5-13)17-25(22,23)15-8-10-24(20,21)11-9-15/h1-5,14-15,17H,6-12H2,(H,18,19). The molecule has 1 aromatic rings. The predicted octanol–water partition coefficient (Wildman–Crippen LogP) is 0.959. The van der Waals surface area contributed by atoms with Crippen LogP contribution in [-0.4, -0.2) is 50.7 Å². The number of carboxylic acids is 1. The molecule has 1 heterocycles. The van der Waals surface area contributed by atoms with E-state index >= 15 is 0 Å². The molecule has 1 aliphatic rings. The molecule has 2 rings (SSSR count). The van der Waals surface area contributed by atoms with E-state index in [9.17, 15) is 21.6 Å². The molecule has 0 aliphatic carbocycles. The molecule has 1 aromatic carbocycles. The number of aliphatic carboxylic acids is 1. The lowest BCUT2D eigenvalue weighted by Gasteiger charge is -2.25. The van der Waals surface area contributed by atoms with Gasteiger partial charge in [0.25, 0.3) is 0 Å². The minimum atomic E-state index is -3.71. The first-order valence-corrected chi connectivity index (χ1v) is 11.5. The summed E-state index contributed by atoms with van der Waals surface area (Å²) < 4.78 is 50.8. The minimum absolute atomic E-state index is 0.0780. The van der Waals surface area contributed by atoms with E-state index < -0.39 is 37.1 Å². The Hall–Kier alpha value is -1.45. The first-order chi connectivity index (χ1) is 11.7. The summed E-state index contributed by atoms with van der Waals surface area (Å²) in [5, 5.41) is 8.14. The molecule has 140 valence electrons. The molecule has 1 saturated heterocycles. The zero-order valence-corrected chi connectivity index (χ0v) is 15.4. The maximum absolute atomic E-state index is 12.6. The van der Waals surface area contributed by atoms with E-state index in [1.54, 1.807) is 0 Å². The summed E-state index contributed by atoms with van der Waals surface area (Å²) in [6, 6.07) is 8.70. The van der Waals surface area contributed by atoms with E-state index in [4.69, 9.17) is 5.11 Å². The number of rotatable bonds is 8. The van der Waals surface area contributed by atoms with Gasteiger partial charge in [-0.2, -0.15) is 0 Å². The van der Waals surface area contributed by atoms with Gasteiger partial charge in [0.2, 0.25) is 10.0 Å². The van der Waals surface area contributed by atoms with Gasteiger partial charge in [0.15, 0.2) is 0 Å². The lowest BCUT2D eigenvalue weighted by atomic mass is 10.0. The quantitative estimate of drug-likeness (QED) is 0.684. The molecule has 2 N–H and O–H groups in total. The third-order valence-electron chi connectivity index (χ3n) is 4.30. The molecule has 0 amide bonds. The van der Waals surface area contributed by atoms with Crippen LogP contribution < -0.4 is 4.72 Å². The summed E-state index contributed by atoms with van der Waals surface area (Å²) in [4.78, 5) is 10.9. The van der Waals surface area contributed by atoms with Crippen LogP contribution in [0.1, 0.15) is 31.2 Å². The van der Waals surface area contributed by atoms with Crippen molar-refractivity contribution in [2.75, 3.05) is 11.5 Å². The monoisotopic (exact) mass is 389 g/mol. The summed E-state index contributed by atoms with van der Waals surface area (Å²) in [6.07, 6.45) is 0.579. The van der Waals surface area contributed by atoms with Crippen molar-refractivity contribution in [2.45, 2.75) is 43.4 Å². The number of benzene rings is 1. The van der Waals surface area contributed by atoms with Crippen LogP contribution in [0.15, 0.2) is 30.3 Å². The van der Waals surface area contributed by atoms with Gasteiger partial charge in [-0.25, -0.2) is 21.6 Å². The third kappa shape index (κ3) is 6.41. The predicted molar refractivity (Wildman–Crippen MR) is 94.5 cm³/mol. The zero-order valence-electron chi connectivity index (χ0n) is 13.8.